The summed E-state index contributed by atoms with van der Waals surface area (Å²) in [6.45, 7) is 15.0. The van der Waals surface area contributed by atoms with Gasteiger partial charge in [-0.25, -0.2) is 4.68 Å². The minimum absolute atomic E-state index is 0.0201. The van der Waals surface area contributed by atoms with E-state index < -0.39 is 0 Å². The molecule has 32 heavy (non-hydrogen) atoms. The molecule has 6 heteroatoms. The fourth-order valence-electron chi connectivity index (χ4n) is 3.63. The number of aryl methyl sites for hydroxylation is 1. The van der Waals surface area contributed by atoms with Crippen LogP contribution in [0.4, 0.5) is 5.82 Å². The Labute approximate surface area is 193 Å². The van der Waals surface area contributed by atoms with Gasteiger partial charge in [-0.1, -0.05) is 65.2 Å². The van der Waals surface area contributed by atoms with Gasteiger partial charge in [0.15, 0.2) is 0 Å². The second kappa shape index (κ2) is 11.3. The third-order valence-corrected chi connectivity index (χ3v) is 5.80. The Morgan fingerprint density at radius 3 is 2.31 bits per heavy atom. The molecule has 0 aliphatic carbocycles. The molecule has 0 saturated heterocycles. The molecular formula is C26H40N4O2. The van der Waals surface area contributed by atoms with E-state index in [9.17, 15) is 9.59 Å². The highest BCUT2D eigenvalue weighted by molar-refractivity contribution is 5.94. The van der Waals surface area contributed by atoms with Crippen molar-refractivity contribution in [3.63, 3.8) is 0 Å². The number of nitrogens with zero attached hydrogens (tertiary/aromatic N) is 3. The molecule has 0 aliphatic rings. The van der Waals surface area contributed by atoms with Gasteiger partial charge in [-0.05, 0) is 38.8 Å². The summed E-state index contributed by atoms with van der Waals surface area (Å²) in [6, 6.07) is 9.96. The highest BCUT2D eigenvalue weighted by Crippen LogP contribution is 2.26. The van der Waals surface area contributed by atoms with Crippen LogP contribution in [0.25, 0.3) is 5.69 Å². The Kier molecular flexibility index (Phi) is 9.05. The smallest absolute Gasteiger partial charge is 0.245 e. The van der Waals surface area contributed by atoms with E-state index in [-0.39, 0.29) is 29.7 Å². The van der Waals surface area contributed by atoms with Gasteiger partial charge in [0.1, 0.15) is 5.82 Å². The molecule has 0 aliphatic heterocycles. The average Bonchev–Trinajstić information content (AvgIpc) is 3.17. The molecular weight excluding hydrogens is 400 g/mol. The van der Waals surface area contributed by atoms with Crippen LogP contribution < -0.4 is 5.32 Å². The minimum atomic E-state index is -0.209. The molecule has 1 aromatic heterocycles. The molecule has 0 bridgehead atoms. The molecule has 2 rings (SSSR count). The summed E-state index contributed by atoms with van der Waals surface area (Å²) in [5, 5.41) is 7.77. The summed E-state index contributed by atoms with van der Waals surface area (Å²) >= 11 is 0. The van der Waals surface area contributed by atoms with E-state index in [2.05, 4.69) is 33.0 Å². The first-order chi connectivity index (χ1) is 15.1. The Morgan fingerprint density at radius 1 is 1.12 bits per heavy atom. The molecule has 0 radical (unpaired) electrons. The molecule has 1 atom stereocenters. The van der Waals surface area contributed by atoms with Crippen molar-refractivity contribution in [2.45, 2.75) is 79.6 Å². The lowest BCUT2D eigenvalue weighted by Gasteiger charge is -2.25. The van der Waals surface area contributed by atoms with E-state index >= 15 is 0 Å². The molecule has 1 aromatic carbocycles. The van der Waals surface area contributed by atoms with Gasteiger partial charge in [0.2, 0.25) is 11.8 Å². The predicted molar refractivity (Wildman–Crippen MR) is 131 cm³/mol. The van der Waals surface area contributed by atoms with E-state index in [4.69, 9.17) is 5.10 Å². The van der Waals surface area contributed by atoms with Gasteiger partial charge in [0.05, 0.1) is 17.9 Å². The lowest BCUT2D eigenvalue weighted by Crippen LogP contribution is -2.41. The summed E-state index contributed by atoms with van der Waals surface area (Å²) in [7, 11) is 0. The number of rotatable bonds is 10. The summed E-state index contributed by atoms with van der Waals surface area (Å²) in [5.74, 6) is 0.457. The lowest BCUT2D eigenvalue weighted by molar-refractivity contribution is -0.138. The molecule has 2 amide bonds. The SMILES string of the molecule is CCCCC(CC)C(=O)N(CC)CC(=O)Nc1cc(C(C)(C)C)nn1-c1ccc(C)cc1. The zero-order chi connectivity index (χ0) is 23.9. The quantitative estimate of drug-likeness (QED) is 0.532. The Hall–Kier alpha value is -2.63. The minimum Gasteiger partial charge on any atom is -0.333 e. The van der Waals surface area contributed by atoms with E-state index in [1.165, 1.54) is 0 Å². The van der Waals surface area contributed by atoms with Crippen molar-refractivity contribution in [2.24, 2.45) is 5.92 Å². The van der Waals surface area contributed by atoms with Gasteiger partial charge < -0.3 is 10.2 Å². The Morgan fingerprint density at radius 2 is 1.78 bits per heavy atom. The lowest BCUT2D eigenvalue weighted by atomic mass is 9.92. The van der Waals surface area contributed by atoms with E-state index in [0.717, 1.165) is 42.6 Å². The van der Waals surface area contributed by atoms with Crippen LogP contribution in [0, 0.1) is 12.8 Å². The number of carbonyl (C=O) groups excluding carboxylic acids is 2. The Balaban J connectivity index is 2.23. The number of hydrogen-bond acceptors (Lipinski definition) is 3. The van der Waals surface area contributed by atoms with Crippen molar-refractivity contribution in [3.8, 4) is 5.69 Å². The van der Waals surface area contributed by atoms with Crippen molar-refractivity contribution in [1.82, 2.24) is 14.7 Å². The predicted octanol–water partition coefficient (Wildman–Crippen LogP) is 5.48. The molecule has 0 spiro atoms. The molecule has 0 fully saturated rings. The molecule has 1 N–H and O–H groups in total. The second-order valence-corrected chi connectivity index (χ2v) is 9.56. The zero-order valence-electron chi connectivity index (χ0n) is 20.9. The fourth-order valence-corrected chi connectivity index (χ4v) is 3.63. The van der Waals surface area contributed by atoms with E-state index in [1.807, 2.05) is 51.1 Å². The number of carbonyl (C=O) groups is 2. The average molecular weight is 441 g/mol. The third-order valence-electron chi connectivity index (χ3n) is 5.80. The molecule has 176 valence electrons. The summed E-state index contributed by atoms with van der Waals surface area (Å²) in [5.41, 5.74) is 2.78. The number of aromatic nitrogens is 2. The van der Waals surface area contributed by atoms with Crippen molar-refractivity contribution < 1.29 is 9.59 Å². The summed E-state index contributed by atoms with van der Waals surface area (Å²) in [6.07, 6.45) is 3.76. The largest absolute Gasteiger partial charge is 0.333 e. The van der Waals surface area contributed by atoms with Crippen LogP contribution >= 0.6 is 0 Å². The first-order valence-corrected chi connectivity index (χ1v) is 11.9. The van der Waals surface area contributed by atoms with Gasteiger partial charge in [0.25, 0.3) is 0 Å². The number of amides is 2. The maximum atomic E-state index is 13.0. The van der Waals surface area contributed by atoms with Crippen LogP contribution in [0.2, 0.25) is 0 Å². The molecule has 1 unspecified atom stereocenters. The van der Waals surface area contributed by atoms with Gasteiger partial charge in [-0.2, -0.15) is 5.10 Å². The first kappa shape index (κ1) is 25.6. The van der Waals surface area contributed by atoms with Crippen molar-refractivity contribution in [2.75, 3.05) is 18.4 Å². The normalized spacial score (nSPS) is 12.5. The van der Waals surface area contributed by atoms with Gasteiger partial charge in [-0.15, -0.1) is 0 Å². The van der Waals surface area contributed by atoms with Crippen LogP contribution in [-0.2, 0) is 15.0 Å². The van der Waals surface area contributed by atoms with Crippen LogP contribution in [-0.4, -0.2) is 39.6 Å². The maximum absolute atomic E-state index is 13.0. The molecule has 2 aromatic rings. The van der Waals surface area contributed by atoms with Gasteiger partial charge in [-0.3, -0.25) is 9.59 Å². The second-order valence-electron chi connectivity index (χ2n) is 9.56. The number of unbranched alkanes of at least 4 members (excludes halogenated alkanes) is 1. The van der Waals surface area contributed by atoms with E-state index in [1.54, 1.807) is 9.58 Å². The van der Waals surface area contributed by atoms with Gasteiger partial charge >= 0.3 is 0 Å². The summed E-state index contributed by atoms with van der Waals surface area (Å²) in [4.78, 5) is 27.6. The molecule has 0 saturated carbocycles. The van der Waals surface area contributed by atoms with Crippen molar-refractivity contribution >= 4 is 17.6 Å². The number of anilines is 1. The topological polar surface area (TPSA) is 67.2 Å². The first-order valence-electron chi connectivity index (χ1n) is 11.9. The monoisotopic (exact) mass is 440 g/mol. The van der Waals surface area contributed by atoms with Crippen LogP contribution in [0.5, 0.6) is 0 Å². The summed E-state index contributed by atoms with van der Waals surface area (Å²) < 4.78 is 1.77. The highest BCUT2D eigenvalue weighted by Gasteiger charge is 2.25. The Bertz CT molecular complexity index is 894. The zero-order valence-corrected chi connectivity index (χ0v) is 20.9. The molecule has 6 nitrogen and oxygen atoms in total. The van der Waals surface area contributed by atoms with Gasteiger partial charge in [0, 0.05) is 23.9 Å². The van der Waals surface area contributed by atoms with Crippen LogP contribution in [0.1, 0.15) is 78.5 Å². The van der Waals surface area contributed by atoms with Crippen molar-refractivity contribution in [3.05, 3.63) is 41.6 Å². The molecule has 1 heterocycles. The third kappa shape index (κ3) is 6.68. The van der Waals surface area contributed by atoms with Crippen molar-refractivity contribution in [1.29, 1.82) is 0 Å². The van der Waals surface area contributed by atoms with E-state index in [0.29, 0.717) is 12.4 Å². The number of likely N-dealkylation sites (N-methyl/N-ethyl adjacent to an activating group) is 1. The highest BCUT2D eigenvalue weighted by atomic mass is 16.2. The van der Waals surface area contributed by atoms with Crippen LogP contribution in [0.15, 0.2) is 30.3 Å². The van der Waals surface area contributed by atoms with Crippen LogP contribution in [0.3, 0.4) is 0 Å². The standard InChI is InChI=1S/C26H40N4O2/c1-8-11-12-20(9-2)25(32)29(10-3)18-24(31)27-23-17-22(26(5,6)7)28-30(23)21-15-13-19(4)14-16-21/h13-17,20H,8-12,18H2,1-7H3,(H,27,31). The number of nitrogens with one attached hydrogen (secondary N) is 1. The number of hydrogen-bond donors (Lipinski definition) is 1. The maximum Gasteiger partial charge on any atom is 0.245 e. The fraction of sp³-hybridized carbons (Fsp3) is 0.577. The number of benzene rings is 1.